The van der Waals surface area contributed by atoms with Gasteiger partial charge in [0, 0.05) is 37.3 Å². The van der Waals surface area contributed by atoms with Gasteiger partial charge in [0.05, 0.1) is 17.9 Å². The molecule has 33 heavy (non-hydrogen) atoms. The van der Waals surface area contributed by atoms with Crippen molar-refractivity contribution in [3.05, 3.63) is 80.7 Å². The molecule has 1 atom stereocenters. The maximum absolute atomic E-state index is 13.5. The van der Waals surface area contributed by atoms with Gasteiger partial charge in [0.15, 0.2) is 0 Å². The molecule has 3 heterocycles. The molecule has 1 aliphatic rings. The highest BCUT2D eigenvalue weighted by atomic mass is 32.1. The second-order valence-corrected chi connectivity index (χ2v) is 10.0. The number of hydrogen-bond acceptors (Lipinski definition) is 5. The van der Waals surface area contributed by atoms with Gasteiger partial charge in [-0.1, -0.05) is 12.1 Å². The van der Waals surface area contributed by atoms with Crippen molar-refractivity contribution in [3.63, 3.8) is 0 Å². The third-order valence-electron chi connectivity index (χ3n) is 6.68. The number of aryl methyl sites for hydroxylation is 4. The normalized spacial score (nSPS) is 15.9. The molecule has 172 valence electrons. The van der Waals surface area contributed by atoms with Crippen molar-refractivity contribution in [2.45, 2.75) is 44.7 Å². The molecule has 4 aromatic rings. The van der Waals surface area contributed by atoms with E-state index in [2.05, 4.69) is 28.2 Å². The molecular weight excluding hydrogens is 437 g/mol. The predicted octanol–water partition coefficient (Wildman–Crippen LogP) is 3.61. The van der Waals surface area contributed by atoms with Gasteiger partial charge in [0.25, 0.3) is 5.56 Å². The van der Waals surface area contributed by atoms with Crippen LogP contribution in [0.15, 0.2) is 47.8 Å². The summed E-state index contributed by atoms with van der Waals surface area (Å²) in [5, 5.41) is 5.04. The molecule has 0 fully saturated rings. The summed E-state index contributed by atoms with van der Waals surface area (Å²) < 4.78 is 17.0. The van der Waals surface area contributed by atoms with Crippen LogP contribution in [0.4, 0.5) is 4.39 Å². The fourth-order valence-electron chi connectivity index (χ4n) is 4.75. The zero-order valence-corrected chi connectivity index (χ0v) is 19.8. The SMILES string of the molecule is CN(CCc1cnn(C)c1)C1CCc2c(sc3ncn(CCc4cccc(F)c4)c(=O)c23)C1. The van der Waals surface area contributed by atoms with E-state index in [-0.39, 0.29) is 11.4 Å². The Morgan fingerprint density at radius 1 is 1.27 bits per heavy atom. The van der Waals surface area contributed by atoms with Crippen LogP contribution in [0.5, 0.6) is 0 Å². The standard InChI is InChI=1S/C25H28FN5OS/c1-29(10-8-18-14-28-30(2)15-18)20-6-7-21-22(13-20)33-24-23(21)25(32)31(16-27-24)11-9-17-4-3-5-19(26)12-17/h3-5,12,14-16,20H,6-11,13H2,1-2H3. The Morgan fingerprint density at radius 2 is 2.15 bits per heavy atom. The molecule has 0 aliphatic heterocycles. The van der Waals surface area contributed by atoms with E-state index in [1.165, 1.54) is 28.1 Å². The molecule has 5 rings (SSSR count). The minimum Gasteiger partial charge on any atom is -0.303 e. The Labute approximate surface area is 196 Å². The Morgan fingerprint density at radius 3 is 2.94 bits per heavy atom. The van der Waals surface area contributed by atoms with E-state index in [4.69, 9.17) is 0 Å². The summed E-state index contributed by atoms with van der Waals surface area (Å²) in [6, 6.07) is 7.02. The van der Waals surface area contributed by atoms with Crippen LogP contribution in [-0.2, 0) is 39.3 Å². The molecule has 6 nitrogen and oxygen atoms in total. The summed E-state index contributed by atoms with van der Waals surface area (Å²) in [6.07, 6.45) is 10.1. The van der Waals surface area contributed by atoms with Crippen molar-refractivity contribution in [1.29, 1.82) is 0 Å². The lowest BCUT2D eigenvalue weighted by Crippen LogP contribution is -2.37. The van der Waals surface area contributed by atoms with Crippen molar-refractivity contribution in [1.82, 2.24) is 24.2 Å². The van der Waals surface area contributed by atoms with E-state index in [0.717, 1.165) is 48.0 Å². The van der Waals surface area contributed by atoms with Gasteiger partial charge in [-0.3, -0.25) is 14.0 Å². The summed E-state index contributed by atoms with van der Waals surface area (Å²) in [7, 11) is 4.14. The highest BCUT2D eigenvalue weighted by molar-refractivity contribution is 7.18. The number of likely N-dealkylation sites (N-methyl/N-ethyl adjacent to an activating group) is 1. The molecule has 0 spiro atoms. The van der Waals surface area contributed by atoms with Crippen LogP contribution < -0.4 is 5.56 Å². The highest BCUT2D eigenvalue weighted by Gasteiger charge is 2.27. The van der Waals surface area contributed by atoms with Crippen molar-refractivity contribution >= 4 is 21.6 Å². The van der Waals surface area contributed by atoms with Crippen LogP contribution in [0.2, 0.25) is 0 Å². The summed E-state index contributed by atoms with van der Waals surface area (Å²) in [5.41, 5.74) is 3.35. The molecule has 1 aromatic carbocycles. The van der Waals surface area contributed by atoms with Crippen molar-refractivity contribution in [2.24, 2.45) is 7.05 Å². The van der Waals surface area contributed by atoms with Gasteiger partial charge in [-0.2, -0.15) is 5.10 Å². The number of benzene rings is 1. The topological polar surface area (TPSA) is 56.0 Å². The third kappa shape index (κ3) is 4.63. The van der Waals surface area contributed by atoms with Crippen molar-refractivity contribution < 1.29 is 4.39 Å². The van der Waals surface area contributed by atoms with Gasteiger partial charge >= 0.3 is 0 Å². The molecule has 1 unspecified atom stereocenters. The summed E-state index contributed by atoms with van der Waals surface area (Å²) >= 11 is 1.66. The van der Waals surface area contributed by atoms with Crippen LogP contribution in [0, 0.1) is 5.82 Å². The highest BCUT2D eigenvalue weighted by Crippen LogP contribution is 2.34. The lowest BCUT2D eigenvalue weighted by Gasteiger charge is -2.31. The molecule has 0 saturated heterocycles. The molecule has 0 amide bonds. The minimum absolute atomic E-state index is 0.0253. The lowest BCUT2D eigenvalue weighted by molar-refractivity contribution is 0.226. The number of rotatable bonds is 7. The number of hydrogen-bond donors (Lipinski definition) is 0. The second-order valence-electron chi connectivity index (χ2n) is 8.96. The fourth-order valence-corrected chi connectivity index (χ4v) is 6.00. The zero-order valence-electron chi connectivity index (χ0n) is 19.0. The zero-order chi connectivity index (χ0) is 22.9. The molecule has 8 heteroatoms. The molecule has 3 aromatic heterocycles. The Balaban J connectivity index is 1.30. The van der Waals surface area contributed by atoms with E-state index in [9.17, 15) is 9.18 Å². The number of nitrogens with zero attached hydrogens (tertiary/aromatic N) is 5. The Hall–Kier alpha value is -2.84. The number of fused-ring (bicyclic) bond motifs is 3. The molecule has 1 aliphatic carbocycles. The Kier molecular flexibility index (Phi) is 6.12. The minimum atomic E-state index is -0.250. The fraction of sp³-hybridized carbons (Fsp3) is 0.400. The molecule has 0 N–H and O–H groups in total. The van der Waals surface area contributed by atoms with Crippen LogP contribution in [-0.4, -0.2) is 43.9 Å². The van der Waals surface area contributed by atoms with E-state index in [0.29, 0.717) is 19.0 Å². The Bertz CT molecular complexity index is 1340. The van der Waals surface area contributed by atoms with E-state index in [1.807, 2.05) is 24.0 Å². The first-order valence-corrected chi connectivity index (χ1v) is 12.2. The van der Waals surface area contributed by atoms with E-state index < -0.39 is 0 Å². The largest absolute Gasteiger partial charge is 0.303 e. The van der Waals surface area contributed by atoms with Crippen molar-refractivity contribution in [2.75, 3.05) is 13.6 Å². The van der Waals surface area contributed by atoms with E-state index in [1.54, 1.807) is 28.3 Å². The average Bonchev–Trinajstić information content (AvgIpc) is 3.39. The first-order chi connectivity index (χ1) is 16.0. The van der Waals surface area contributed by atoms with Crippen molar-refractivity contribution in [3.8, 4) is 0 Å². The lowest BCUT2D eigenvalue weighted by atomic mass is 9.92. The van der Waals surface area contributed by atoms with Gasteiger partial charge in [-0.25, -0.2) is 9.37 Å². The molecule has 0 saturated carbocycles. The van der Waals surface area contributed by atoms with Crippen LogP contribution in [0.1, 0.15) is 28.0 Å². The average molecular weight is 466 g/mol. The van der Waals surface area contributed by atoms with Gasteiger partial charge < -0.3 is 4.90 Å². The smallest absolute Gasteiger partial charge is 0.262 e. The van der Waals surface area contributed by atoms with Gasteiger partial charge in [-0.15, -0.1) is 11.3 Å². The molecule has 0 bridgehead atoms. The number of thiophene rings is 1. The first-order valence-electron chi connectivity index (χ1n) is 11.4. The quantitative estimate of drug-likeness (QED) is 0.419. The molecular formula is C25H28FN5OS. The summed E-state index contributed by atoms with van der Waals surface area (Å²) in [5.74, 6) is -0.250. The van der Waals surface area contributed by atoms with Gasteiger partial charge in [0.2, 0.25) is 0 Å². The maximum Gasteiger partial charge on any atom is 0.262 e. The summed E-state index contributed by atoms with van der Waals surface area (Å²) in [4.78, 5) is 22.4. The molecule has 0 radical (unpaired) electrons. The number of halogens is 1. The monoisotopic (exact) mass is 465 g/mol. The second kappa shape index (κ2) is 9.19. The number of aromatic nitrogens is 4. The van der Waals surface area contributed by atoms with E-state index >= 15 is 0 Å². The maximum atomic E-state index is 13.5. The third-order valence-corrected chi connectivity index (χ3v) is 7.84. The van der Waals surface area contributed by atoms with Gasteiger partial charge in [0.1, 0.15) is 10.6 Å². The van der Waals surface area contributed by atoms with Gasteiger partial charge in [-0.05, 0) is 68.0 Å². The summed E-state index contributed by atoms with van der Waals surface area (Å²) in [6.45, 7) is 1.48. The van der Waals surface area contributed by atoms with Crippen LogP contribution in [0.25, 0.3) is 10.2 Å². The predicted molar refractivity (Wildman–Crippen MR) is 129 cm³/mol. The van der Waals surface area contributed by atoms with Crippen LogP contribution >= 0.6 is 11.3 Å². The van der Waals surface area contributed by atoms with Crippen LogP contribution in [0.3, 0.4) is 0 Å². The first kappa shape index (κ1) is 22.0.